The molecule has 0 aromatic carbocycles. The van der Waals surface area contributed by atoms with Gasteiger partial charge in [0.05, 0.1) is 4.92 Å². The van der Waals surface area contributed by atoms with E-state index >= 15 is 0 Å². The Bertz CT molecular complexity index is 344. The van der Waals surface area contributed by atoms with Gasteiger partial charge in [0.2, 0.25) is 0 Å². The number of nitrogens with zero attached hydrogens (tertiary/aromatic N) is 3. The lowest BCUT2D eigenvalue weighted by atomic mass is 10.4. The maximum absolute atomic E-state index is 10.3. The SMILES string of the molecule is N#COc1ncccc1[N+](=O)[O-]. The largest absolute Gasteiger partial charge is 0.360 e. The van der Waals surface area contributed by atoms with Gasteiger partial charge in [-0.3, -0.25) is 10.1 Å². The van der Waals surface area contributed by atoms with Crippen molar-refractivity contribution in [1.82, 2.24) is 4.98 Å². The summed E-state index contributed by atoms with van der Waals surface area (Å²) in [5.74, 6) is -0.287. The molecule has 60 valence electrons. The topological polar surface area (TPSA) is 89.0 Å². The maximum Gasteiger partial charge on any atom is 0.332 e. The number of ether oxygens (including phenoxy) is 1. The first-order valence-electron chi connectivity index (χ1n) is 2.91. The lowest BCUT2D eigenvalue weighted by molar-refractivity contribution is -0.386. The van der Waals surface area contributed by atoms with Gasteiger partial charge in [0.1, 0.15) is 0 Å². The summed E-state index contributed by atoms with van der Waals surface area (Å²) in [6.45, 7) is 0. The Kier molecular flexibility index (Phi) is 2.18. The first kappa shape index (κ1) is 7.94. The van der Waals surface area contributed by atoms with Crippen molar-refractivity contribution in [3.05, 3.63) is 28.4 Å². The number of pyridine rings is 1. The Hall–Kier alpha value is -2.16. The van der Waals surface area contributed by atoms with Crippen molar-refractivity contribution in [2.24, 2.45) is 0 Å². The molecule has 0 bridgehead atoms. The van der Waals surface area contributed by atoms with Crippen molar-refractivity contribution < 1.29 is 9.66 Å². The van der Waals surface area contributed by atoms with Crippen LogP contribution in [0.1, 0.15) is 0 Å². The lowest BCUT2D eigenvalue weighted by Crippen LogP contribution is -1.94. The van der Waals surface area contributed by atoms with Crippen LogP contribution in [0.4, 0.5) is 5.69 Å². The van der Waals surface area contributed by atoms with Crippen LogP contribution in [0.5, 0.6) is 5.88 Å². The summed E-state index contributed by atoms with van der Waals surface area (Å²) >= 11 is 0. The molecule has 0 saturated heterocycles. The fraction of sp³-hybridized carbons (Fsp3) is 0. The van der Waals surface area contributed by atoms with Crippen LogP contribution in [0.15, 0.2) is 18.3 Å². The van der Waals surface area contributed by atoms with Crippen molar-refractivity contribution in [2.45, 2.75) is 0 Å². The highest BCUT2D eigenvalue weighted by atomic mass is 16.6. The van der Waals surface area contributed by atoms with E-state index in [2.05, 4.69) is 9.72 Å². The smallest absolute Gasteiger partial charge is 0.332 e. The Morgan fingerprint density at radius 2 is 2.50 bits per heavy atom. The summed E-state index contributed by atoms with van der Waals surface area (Å²) in [5, 5.41) is 18.4. The molecule has 1 aromatic heterocycles. The molecular formula is C6H3N3O3. The quantitative estimate of drug-likeness (QED) is 0.368. The van der Waals surface area contributed by atoms with Crippen LogP contribution in [0.25, 0.3) is 0 Å². The van der Waals surface area contributed by atoms with Gasteiger partial charge < -0.3 is 4.74 Å². The molecule has 1 aromatic rings. The molecule has 0 saturated carbocycles. The van der Waals surface area contributed by atoms with Crippen LogP contribution in [0.2, 0.25) is 0 Å². The van der Waals surface area contributed by atoms with E-state index in [4.69, 9.17) is 5.26 Å². The normalized spacial score (nSPS) is 8.58. The standard InChI is InChI=1S/C6H3N3O3/c7-4-12-6-5(9(10)11)2-1-3-8-6/h1-3H. The molecule has 0 unspecified atom stereocenters. The summed E-state index contributed by atoms with van der Waals surface area (Å²) in [5.41, 5.74) is -0.320. The second kappa shape index (κ2) is 3.30. The molecule has 6 heteroatoms. The van der Waals surface area contributed by atoms with Crippen molar-refractivity contribution in [3.63, 3.8) is 0 Å². The second-order valence-electron chi connectivity index (χ2n) is 1.78. The zero-order chi connectivity index (χ0) is 8.97. The number of hydrogen-bond donors (Lipinski definition) is 0. The van der Waals surface area contributed by atoms with E-state index < -0.39 is 4.92 Å². The van der Waals surface area contributed by atoms with E-state index in [0.717, 1.165) is 0 Å². The fourth-order valence-corrected chi connectivity index (χ4v) is 0.643. The highest BCUT2D eigenvalue weighted by molar-refractivity contribution is 5.40. The first-order chi connectivity index (χ1) is 5.75. The number of nitro groups is 1. The van der Waals surface area contributed by atoms with Crippen molar-refractivity contribution in [1.29, 1.82) is 5.26 Å². The van der Waals surface area contributed by atoms with E-state index in [0.29, 0.717) is 0 Å². The van der Waals surface area contributed by atoms with Crippen LogP contribution in [0.3, 0.4) is 0 Å². The predicted octanol–water partition coefficient (Wildman–Crippen LogP) is 0.850. The third-order valence-electron chi connectivity index (χ3n) is 1.09. The molecule has 0 aliphatic heterocycles. The monoisotopic (exact) mass is 165 g/mol. The Morgan fingerprint density at radius 1 is 1.75 bits per heavy atom. The molecular weight excluding hydrogens is 162 g/mol. The van der Waals surface area contributed by atoms with Gasteiger partial charge in [-0.25, -0.2) is 4.98 Å². The molecule has 0 amide bonds. The summed E-state index contributed by atoms with van der Waals surface area (Å²) in [7, 11) is 0. The minimum Gasteiger partial charge on any atom is -0.360 e. The third-order valence-corrected chi connectivity index (χ3v) is 1.09. The van der Waals surface area contributed by atoms with E-state index in [-0.39, 0.29) is 11.6 Å². The highest BCUT2D eigenvalue weighted by Gasteiger charge is 2.15. The van der Waals surface area contributed by atoms with E-state index in [1.807, 2.05) is 0 Å². The molecule has 1 heterocycles. The zero-order valence-electron chi connectivity index (χ0n) is 5.80. The molecule has 0 aliphatic carbocycles. The molecule has 0 N–H and O–H groups in total. The number of nitriles is 1. The average molecular weight is 165 g/mol. The first-order valence-corrected chi connectivity index (χ1v) is 2.91. The minimum absolute atomic E-state index is 0.287. The predicted molar refractivity (Wildman–Crippen MR) is 37.1 cm³/mol. The van der Waals surface area contributed by atoms with Gasteiger partial charge in [-0.2, -0.15) is 0 Å². The third kappa shape index (κ3) is 1.46. The van der Waals surface area contributed by atoms with Crippen LogP contribution in [-0.2, 0) is 0 Å². The molecule has 0 spiro atoms. The summed E-state index contributed by atoms with van der Waals surface area (Å²) < 4.78 is 4.25. The number of rotatable bonds is 2. The van der Waals surface area contributed by atoms with Gasteiger partial charge in [-0.05, 0) is 6.07 Å². The fourth-order valence-electron chi connectivity index (χ4n) is 0.643. The maximum atomic E-state index is 10.3. The van der Waals surface area contributed by atoms with Crippen LogP contribution >= 0.6 is 0 Å². The second-order valence-corrected chi connectivity index (χ2v) is 1.78. The van der Waals surface area contributed by atoms with Gasteiger partial charge in [0.25, 0.3) is 6.26 Å². The lowest BCUT2D eigenvalue weighted by Gasteiger charge is -1.94. The van der Waals surface area contributed by atoms with Crippen LogP contribution in [-0.4, -0.2) is 9.91 Å². The van der Waals surface area contributed by atoms with E-state index in [1.54, 1.807) is 0 Å². The van der Waals surface area contributed by atoms with E-state index in [1.165, 1.54) is 24.6 Å². The highest BCUT2D eigenvalue weighted by Crippen LogP contribution is 2.21. The van der Waals surface area contributed by atoms with Crippen LogP contribution in [0, 0.1) is 21.6 Å². The molecule has 12 heavy (non-hydrogen) atoms. The number of hydrogen-bond acceptors (Lipinski definition) is 5. The molecule has 0 atom stereocenters. The van der Waals surface area contributed by atoms with Crippen molar-refractivity contribution in [3.8, 4) is 12.1 Å². The zero-order valence-corrected chi connectivity index (χ0v) is 5.80. The average Bonchev–Trinajstić information content (AvgIpc) is 2.05. The Morgan fingerprint density at radius 3 is 3.08 bits per heavy atom. The number of aromatic nitrogens is 1. The summed E-state index contributed by atoms with van der Waals surface area (Å²) in [6, 6.07) is 2.60. The minimum atomic E-state index is -0.667. The van der Waals surface area contributed by atoms with E-state index in [9.17, 15) is 10.1 Å². The van der Waals surface area contributed by atoms with Gasteiger partial charge >= 0.3 is 11.6 Å². The van der Waals surface area contributed by atoms with Crippen molar-refractivity contribution >= 4 is 5.69 Å². The van der Waals surface area contributed by atoms with Gasteiger partial charge in [-0.15, -0.1) is 5.26 Å². The summed E-state index contributed by atoms with van der Waals surface area (Å²) in [4.78, 5) is 13.1. The van der Waals surface area contributed by atoms with Gasteiger partial charge in [-0.1, -0.05) is 0 Å². The Balaban J connectivity index is 3.10. The van der Waals surface area contributed by atoms with Crippen molar-refractivity contribution in [2.75, 3.05) is 0 Å². The Labute approximate surface area is 67.2 Å². The summed E-state index contributed by atoms with van der Waals surface area (Å²) in [6.07, 6.45) is 2.62. The molecule has 6 nitrogen and oxygen atoms in total. The van der Waals surface area contributed by atoms with Gasteiger partial charge in [0.15, 0.2) is 0 Å². The van der Waals surface area contributed by atoms with Crippen LogP contribution < -0.4 is 4.74 Å². The molecule has 0 fully saturated rings. The molecule has 0 radical (unpaired) electrons. The molecule has 0 aliphatic rings. The van der Waals surface area contributed by atoms with Gasteiger partial charge in [0, 0.05) is 12.3 Å². The molecule has 1 rings (SSSR count).